The van der Waals surface area contributed by atoms with Crippen molar-refractivity contribution in [2.24, 2.45) is 0 Å². The molecule has 2 saturated heterocycles. The molecule has 15 nitrogen and oxygen atoms in total. The van der Waals surface area contributed by atoms with Crippen molar-refractivity contribution in [2.75, 3.05) is 26.3 Å². The summed E-state index contributed by atoms with van der Waals surface area (Å²) in [5.74, 6) is 2.72. The van der Waals surface area contributed by atoms with Crippen LogP contribution in [0.25, 0.3) is 45.0 Å². The summed E-state index contributed by atoms with van der Waals surface area (Å²) < 4.78 is 34.7. The van der Waals surface area contributed by atoms with Crippen LogP contribution in [0.15, 0.2) is 41.1 Å². The number of furan rings is 1. The Morgan fingerprint density at radius 2 is 1.06 bits per heavy atom. The van der Waals surface area contributed by atoms with Gasteiger partial charge in [0.1, 0.15) is 58.9 Å². The van der Waals surface area contributed by atoms with Gasteiger partial charge in [-0.15, -0.1) is 0 Å². The van der Waals surface area contributed by atoms with Gasteiger partial charge in [0, 0.05) is 66.0 Å². The molecule has 5 aromatic rings. The highest BCUT2D eigenvalue weighted by Crippen LogP contribution is 2.38. The van der Waals surface area contributed by atoms with Crippen LogP contribution >= 0.6 is 0 Å². The number of ether oxygens (including phenoxy) is 4. The molecule has 0 spiro atoms. The molecule has 0 bridgehead atoms. The standard InChI is InChI=1S/C46H68N8O7Si2/c1-45(2,3)60-43(55)51-19-13-15-35(51)41-49-33-25-31(27-47-39(33)53(41)29-57-21-23-62(7,8)9)37-17-18-38(59-37)32-26-34-40(48-28-32)54(30-58-22-24-63(10,11)12)42(50-34)36-16-14-20-52(36)44(56)61-46(4,5)6/h17-18,25-28,35-36H,13-16,19-24,29-30H2,1-12H3/t35-,36-/m0/s1. The molecule has 0 aliphatic carbocycles. The number of hydrogen-bond acceptors (Lipinski definition) is 11. The van der Waals surface area contributed by atoms with Crippen LogP contribution in [-0.2, 0) is 32.4 Å². The fourth-order valence-corrected chi connectivity index (χ4v) is 9.47. The monoisotopic (exact) mass is 900 g/mol. The summed E-state index contributed by atoms with van der Waals surface area (Å²) in [6.07, 6.45) is 6.12. The number of fused-ring (bicyclic) bond motifs is 2. The van der Waals surface area contributed by atoms with Gasteiger partial charge in [0.05, 0.1) is 12.1 Å². The largest absolute Gasteiger partial charge is 0.456 e. The summed E-state index contributed by atoms with van der Waals surface area (Å²) in [4.78, 5) is 50.5. The Kier molecular flexibility index (Phi) is 13.3. The minimum Gasteiger partial charge on any atom is -0.456 e. The van der Waals surface area contributed by atoms with Gasteiger partial charge < -0.3 is 23.4 Å². The van der Waals surface area contributed by atoms with Crippen LogP contribution in [0.1, 0.15) is 91.0 Å². The Hall–Kier alpha value is -4.59. The van der Waals surface area contributed by atoms with E-state index in [0.717, 1.165) is 60.5 Å². The van der Waals surface area contributed by atoms with Crippen molar-refractivity contribution < 1.29 is 33.0 Å². The first kappa shape index (κ1) is 46.4. The molecule has 63 heavy (non-hydrogen) atoms. The molecule has 0 aromatic carbocycles. The molecule has 0 radical (unpaired) electrons. The van der Waals surface area contributed by atoms with E-state index < -0.39 is 27.3 Å². The Balaban J connectivity index is 1.18. The number of rotatable bonds is 14. The average molecular weight is 901 g/mol. The van der Waals surface area contributed by atoms with Crippen molar-refractivity contribution in [2.45, 2.75) is 155 Å². The van der Waals surface area contributed by atoms with Crippen molar-refractivity contribution >= 4 is 50.7 Å². The molecular formula is C46H68N8O7Si2. The molecule has 2 aliphatic rings. The van der Waals surface area contributed by atoms with Gasteiger partial charge in [-0.2, -0.15) is 0 Å². The molecule has 7 heterocycles. The summed E-state index contributed by atoms with van der Waals surface area (Å²) in [5, 5.41) is 0. The van der Waals surface area contributed by atoms with E-state index in [0.29, 0.717) is 60.2 Å². The fraction of sp³-hybridized carbons (Fsp3) is 0.609. The number of carbonyl (C=O) groups excluding carboxylic acids is 2. The van der Waals surface area contributed by atoms with E-state index >= 15 is 0 Å². The quantitative estimate of drug-likeness (QED) is 0.0773. The summed E-state index contributed by atoms with van der Waals surface area (Å²) in [5.41, 5.74) is 3.04. The van der Waals surface area contributed by atoms with E-state index in [4.69, 9.17) is 43.3 Å². The number of amides is 2. The zero-order valence-electron chi connectivity index (χ0n) is 39.5. The predicted molar refractivity (Wildman–Crippen MR) is 250 cm³/mol. The van der Waals surface area contributed by atoms with Gasteiger partial charge in [0.25, 0.3) is 0 Å². The highest BCUT2D eigenvalue weighted by atomic mass is 28.3. The number of imidazole rings is 2. The maximum Gasteiger partial charge on any atom is 0.410 e. The molecule has 0 saturated carbocycles. The molecule has 7 rings (SSSR count). The van der Waals surface area contributed by atoms with Crippen LogP contribution in [0.3, 0.4) is 0 Å². The SMILES string of the molecule is CC(C)(C)OC(=O)N1CCC[C@H]1c1nc2cc(-c3ccc(-c4cnc5c(c4)nc([C@@H]4CCCN4C(=O)OC(C)(C)C)n5COCC[Si](C)(C)C)o3)cnc2n1COCC[Si](C)(C)C. The minimum atomic E-state index is -1.31. The van der Waals surface area contributed by atoms with Crippen LogP contribution < -0.4 is 0 Å². The van der Waals surface area contributed by atoms with Crippen LogP contribution in [0.4, 0.5) is 9.59 Å². The lowest BCUT2D eigenvalue weighted by molar-refractivity contribution is 0.0195. The number of aromatic nitrogens is 6. The summed E-state index contributed by atoms with van der Waals surface area (Å²) >= 11 is 0. The van der Waals surface area contributed by atoms with Gasteiger partial charge in [0.2, 0.25) is 0 Å². The Bertz CT molecular complexity index is 2250. The molecule has 342 valence electrons. The Morgan fingerprint density at radius 3 is 1.43 bits per heavy atom. The molecule has 5 aromatic heterocycles. The van der Waals surface area contributed by atoms with Crippen molar-refractivity contribution in [1.82, 2.24) is 38.9 Å². The maximum absolute atomic E-state index is 13.4. The molecule has 17 heteroatoms. The number of carbonyl (C=O) groups is 2. The average Bonchev–Trinajstić information content (AvgIpc) is 4.02. The smallest absolute Gasteiger partial charge is 0.410 e. The summed E-state index contributed by atoms with van der Waals surface area (Å²) in [6.45, 7) is 28.3. The highest BCUT2D eigenvalue weighted by molar-refractivity contribution is 6.76. The number of likely N-dealkylation sites (tertiary alicyclic amines) is 2. The van der Waals surface area contributed by atoms with Crippen molar-refractivity contribution in [3.63, 3.8) is 0 Å². The lowest BCUT2D eigenvalue weighted by atomic mass is 10.2. The first-order chi connectivity index (χ1) is 29.5. The predicted octanol–water partition coefficient (Wildman–Crippen LogP) is 10.9. The van der Waals surface area contributed by atoms with Gasteiger partial charge in [0.15, 0.2) is 11.3 Å². The van der Waals surface area contributed by atoms with Crippen LogP contribution in [0, 0.1) is 0 Å². The van der Waals surface area contributed by atoms with E-state index in [2.05, 4.69) is 39.3 Å². The minimum absolute atomic E-state index is 0.273. The molecule has 2 aliphatic heterocycles. The third-order valence-corrected chi connectivity index (χ3v) is 14.6. The molecule has 2 amide bonds. The molecule has 2 atom stereocenters. The lowest BCUT2D eigenvalue weighted by Crippen LogP contribution is -2.37. The number of hydrogen-bond donors (Lipinski definition) is 0. The first-order valence-corrected chi connectivity index (χ1v) is 29.9. The second kappa shape index (κ2) is 18.1. The molecular weight excluding hydrogens is 833 g/mol. The lowest BCUT2D eigenvalue weighted by Gasteiger charge is -2.28. The first-order valence-electron chi connectivity index (χ1n) is 22.5. The zero-order valence-corrected chi connectivity index (χ0v) is 41.5. The Morgan fingerprint density at radius 1 is 0.667 bits per heavy atom. The van der Waals surface area contributed by atoms with Crippen LogP contribution in [0.5, 0.6) is 0 Å². The van der Waals surface area contributed by atoms with E-state index in [1.165, 1.54) is 0 Å². The molecule has 0 unspecified atom stereocenters. The maximum atomic E-state index is 13.4. The topological polar surface area (TPSA) is 152 Å². The summed E-state index contributed by atoms with van der Waals surface area (Å²) in [6, 6.07) is 9.34. The van der Waals surface area contributed by atoms with Gasteiger partial charge in [-0.05, 0) is 104 Å². The van der Waals surface area contributed by atoms with Crippen molar-refractivity contribution in [1.29, 1.82) is 0 Å². The van der Waals surface area contributed by atoms with Gasteiger partial charge >= 0.3 is 12.2 Å². The molecule has 0 N–H and O–H groups in total. The van der Waals surface area contributed by atoms with E-state index in [1.807, 2.05) is 74.9 Å². The van der Waals surface area contributed by atoms with E-state index in [9.17, 15) is 9.59 Å². The van der Waals surface area contributed by atoms with E-state index in [-0.39, 0.29) is 37.7 Å². The zero-order chi connectivity index (χ0) is 45.5. The second-order valence-corrected chi connectivity index (χ2v) is 32.7. The van der Waals surface area contributed by atoms with Crippen LogP contribution in [0.2, 0.25) is 51.4 Å². The summed E-state index contributed by atoms with van der Waals surface area (Å²) in [7, 11) is -2.62. The third kappa shape index (κ3) is 11.4. The fourth-order valence-electron chi connectivity index (χ4n) is 7.95. The molecule has 2 fully saturated rings. The van der Waals surface area contributed by atoms with Crippen molar-refractivity contribution in [3.05, 3.63) is 48.3 Å². The van der Waals surface area contributed by atoms with E-state index in [1.54, 1.807) is 22.2 Å². The van der Waals surface area contributed by atoms with Gasteiger partial charge in [-0.3, -0.25) is 18.9 Å². The normalized spacial score (nSPS) is 17.7. The Labute approximate surface area is 373 Å². The van der Waals surface area contributed by atoms with Crippen LogP contribution in [-0.4, -0.2) is 105 Å². The second-order valence-electron chi connectivity index (χ2n) is 21.5. The third-order valence-electron chi connectivity index (χ3n) is 11.2. The highest BCUT2D eigenvalue weighted by Gasteiger charge is 2.38. The number of nitrogens with zero attached hydrogens (tertiary/aromatic N) is 8. The number of pyridine rings is 2. The van der Waals surface area contributed by atoms with Gasteiger partial charge in [-0.1, -0.05) is 39.3 Å². The van der Waals surface area contributed by atoms with Crippen molar-refractivity contribution in [3.8, 4) is 22.6 Å². The van der Waals surface area contributed by atoms with Gasteiger partial charge in [-0.25, -0.2) is 29.5 Å².